The Morgan fingerprint density at radius 2 is 1.53 bits per heavy atom. The summed E-state index contributed by atoms with van der Waals surface area (Å²) in [6.45, 7) is 5.66. The third-order valence-corrected chi connectivity index (χ3v) is 2.51. The van der Waals surface area contributed by atoms with Crippen LogP contribution >= 0.6 is 0 Å². The molecule has 0 heterocycles. The number of nitrogens with zero attached hydrogens (tertiary/aromatic N) is 1. The number of likely N-dealkylation sites (N-methyl/N-ethyl adjacent to an activating group) is 1. The van der Waals surface area contributed by atoms with Crippen LogP contribution < -0.4 is 0 Å². The van der Waals surface area contributed by atoms with Crippen molar-refractivity contribution in [3.8, 4) is 0 Å². The summed E-state index contributed by atoms with van der Waals surface area (Å²) < 4.78 is 0. The SMILES string of the molecule is CC(C)Cc1ccc(CCN(C)C)cc1. The first-order valence-electron chi connectivity index (χ1n) is 5.80. The summed E-state index contributed by atoms with van der Waals surface area (Å²) in [7, 11) is 4.24. The van der Waals surface area contributed by atoms with Gasteiger partial charge in [-0.1, -0.05) is 38.1 Å². The fourth-order valence-electron chi connectivity index (χ4n) is 1.67. The molecule has 0 spiro atoms. The highest BCUT2D eigenvalue weighted by Crippen LogP contribution is 2.10. The van der Waals surface area contributed by atoms with Crippen molar-refractivity contribution in [2.75, 3.05) is 20.6 Å². The van der Waals surface area contributed by atoms with Gasteiger partial charge in [0.1, 0.15) is 0 Å². The van der Waals surface area contributed by atoms with Crippen LogP contribution in [0, 0.1) is 5.92 Å². The minimum atomic E-state index is 0.748. The molecule has 0 aromatic heterocycles. The summed E-state index contributed by atoms with van der Waals surface area (Å²) in [6.07, 6.45) is 2.34. The molecule has 1 nitrogen and oxygen atoms in total. The lowest BCUT2D eigenvalue weighted by Crippen LogP contribution is -2.14. The molecule has 0 N–H and O–H groups in total. The minimum absolute atomic E-state index is 0.748. The highest BCUT2D eigenvalue weighted by molar-refractivity contribution is 5.23. The van der Waals surface area contributed by atoms with Gasteiger partial charge in [0.05, 0.1) is 0 Å². The topological polar surface area (TPSA) is 3.24 Å². The Bertz CT molecular complexity index is 272. The zero-order valence-corrected chi connectivity index (χ0v) is 10.5. The quantitative estimate of drug-likeness (QED) is 0.714. The van der Waals surface area contributed by atoms with E-state index in [1.807, 2.05) is 0 Å². The Labute approximate surface area is 94.1 Å². The predicted molar refractivity (Wildman–Crippen MR) is 67.2 cm³/mol. The van der Waals surface area contributed by atoms with Crippen LogP contribution in [0.1, 0.15) is 25.0 Å². The second kappa shape index (κ2) is 5.92. The maximum Gasteiger partial charge on any atom is 0.00157 e. The summed E-state index contributed by atoms with van der Waals surface area (Å²) >= 11 is 0. The number of rotatable bonds is 5. The lowest BCUT2D eigenvalue weighted by molar-refractivity contribution is 0.413. The molecule has 0 saturated carbocycles. The van der Waals surface area contributed by atoms with Gasteiger partial charge < -0.3 is 4.90 Å². The van der Waals surface area contributed by atoms with Gasteiger partial charge in [0, 0.05) is 6.54 Å². The summed E-state index contributed by atoms with van der Waals surface area (Å²) in [6, 6.07) is 9.07. The predicted octanol–water partition coefficient (Wildman–Crippen LogP) is 2.99. The lowest BCUT2D eigenvalue weighted by Gasteiger charge is -2.10. The van der Waals surface area contributed by atoms with Crippen molar-refractivity contribution in [3.05, 3.63) is 35.4 Å². The van der Waals surface area contributed by atoms with Crippen LogP contribution in [-0.2, 0) is 12.8 Å². The molecule has 0 bridgehead atoms. The van der Waals surface area contributed by atoms with Gasteiger partial charge in [0.25, 0.3) is 0 Å². The number of hydrogen-bond donors (Lipinski definition) is 0. The second-order valence-corrected chi connectivity index (χ2v) is 4.97. The average molecular weight is 205 g/mol. The van der Waals surface area contributed by atoms with Gasteiger partial charge in [-0.25, -0.2) is 0 Å². The highest BCUT2D eigenvalue weighted by Gasteiger charge is 1.98. The molecule has 1 aromatic rings. The molecule has 0 fully saturated rings. The van der Waals surface area contributed by atoms with Crippen molar-refractivity contribution in [2.24, 2.45) is 5.92 Å². The molecule has 0 amide bonds. The molecule has 1 heteroatoms. The van der Waals surface area contributed by atoms with Gasteiger partial charge in [0.15, 0.2) is 0 Å². The van der Waals surface area contributed by atoms with Crippen molar-refractivity contribution >= 4 is 0 Å². The first-order valence-corrected chi connectivity index (χ1v) is 5.80. The minimum Gasteiger partial charge on any atom is -0.309 e. The van der Waals surface area contributed by atoms with Crippen LogP contribution in [0.15, 0.2) is 24.3 Å². The Balaban J connectivity index is 2.49. The summed E-state index contributed by atoms with van der Waals surface area (Å²) in [5.74, 6) is 0.748. The van der Waals surface area contributed by atoms with Gasteiger partial charge >= 0.3 is 0 Å². The summed E-state index contributed by atoms with van der Waals surface area (Å²) in [4.78, 5) is 2.22. The Kier molecular flexibility index (Phi) is 4.83. The normalized spacial score (nSPS) is 11.3. The van der Waals surface area contributed by atoms with Crippen LogP contribution in [0.4, 0.5) is 0 Å². The van der Waals surface area contributed by atoms with E-state index in [1.54, 1.807) is 0 Å². The molecule has 0 radical (unpaired) electrons. The summed E-state index contributed by atoms with van der Waals surface area (Å²) in [5.41, 5.74) is 2.90. The van der Waals surface area contributed by atoms with Crippen molar-refractivity contribution in [1.82, 2.24) is 4.90 Å². The fraction of sp³-hybridized carbons (Fsp3) is 0.571. The fourth-order valence-corrected chi connectivity index (χ4v) is 1.67. The molecule has 0 unspecified atom stereocenters. The van der Waals surface area contributed by atoms with E-state index in [2.05, 4.69) is 57.1 Å². The molecular weight excluding hydrogens is 182 g/mol. The highest BCUT2D eigenvalue weighted by atomic mass is 15.0. The molecule has 0 saturated heterocycles. The lowest BCUT2D eigenvalue weighted by atomic mass is 10.0. The largest absolute Gasteiger partial charge is 0.309 e. The van der Waals surface area contributed by atoms with Gasteiger partial charge in [-0.05, 0) is 44.0 Å². The van der Waals surface area contributed by atoms with E-state index in [9.17, 15) is 0 Å². The van der Waals surface area contributed by atoms with Crippen LogP contribution in [0.2, 0.25) is 0 Å². The number of benzene rings is 1. The molecule has 0 atom stereocenters. The second-order valence-electron chi connectivity index (χ2n) is 4.97. The standard InChI is InChI=1S/C14H23N/c1-12(2)11-14-7-5-13(6-8-14)9-10-15(3)4/h5-8,12H,9-11H2,1-4H3. The van der Waals surface area contributed by atoms with Gasteiger partial charge in [-0.2, -0.15) is 0 Å². The molecule has 15 heavy (non-hydrogen) atoms. The smallest absolute Gasteiger partial charge is 0.00157 e. The molecule has 84 valence electrons. The number of hydrogen-bond acceptors (Lipinski definition) is 1. The van der Waals surface area contributed by atoms with Crippen LogP contribution in [-0.4, -0.2) is 25.5 Å². The van der Waals surface area contributed by atoms with E-state index in [0.717, 1.165) is 18.9 Å². The summed E-state index contributed by atoms with van der Waals surface area (Å²) in [5, 5.41) is 0. The third kappa shape index (κ3) is 4.98. The zero-order chi connectivity index (χ0) is 11.3. The Hall–Kier alpha value is -0.820. The van der Waals surface area contributed by atoms with Gasteiger partial charge in [0.2, 0.25) is 0 Å². The maximum atomic E-state index is 2.27. The third-order valence-electron chi connectivity index (χ3n) is 2.51. The first kappa shape index (κ1) is 12.3. The van der Waals surface area contributed by atoms with E-state index in [4.69, 9.17) is 0 Å². The molecule has 0 aliphatic heterocycles. The van der Waals surface area contributed by atoms with Gasteiger partial charge in [-0.3, -0.25) is 0 Å². The molecule has 1 rings (SSSR count). The van der Waals surface area contributed by atoms with E-state index in [-0.39, 0.29) is 0 Å². The van der Waals surface area contributed by atoms with Crippen molar-refractivity contribution in [2.45, 2.75) is 26.7 Å². The van der Waals surface area contributed by atoms with Crippen molar-refractivity contribution < 1.29 is 0 Å². The zero-order valence-electron chi connectivity index (χ0n) is 10.5. The Morgan fingerprint density at radius 1 is 1.00 bits per heavy atom. The molecule has 1 aromatic carbocycles. The first-order chi connectivity index (χ1) is 7.08. The van der Waals surface area contributed by atoms with Gasteiger partial charge in [-0.15, -0.1) is 0 Å². The molecule has 0 aliphatic carbocycles. The average Bonchev–Trinajstić information content (AvgIpc) is 2.16. The van der Waals surface area contributed by atoms with E-state index in [1.165, 1.54) is 17.5 Å². The van der Waals surface area contributed by atoms with Crippen LogP contribution in [0.3, 0.4) is 0 Å². The Morgan fingerprint density at radius 3 is 2.00 bits per heavy atom. The maximum absolute atomic E-state index is 2.27. The van der Waals surface area contributed by atoms with Crippen LogP contribution in [0.25, 0.3) is 0 Å². The monoisotopic (exact) mass is 205 g/mol. The molecule has 0 aliphatic rings. The van der Waals surface area contributed by atoms with Crippen LogP contribution in [0.5, 0.6) is 0 Å². The van der Waals surface area contributed by atoms with Crippen molar-refractivity contribution in [3.63, 3.8) is 0 Å². The van der Waals surface area contributed by atoms with Crippen molar-refractivity contribution in [1.29, 1.82) is 0 Å². The molecular formula is C14H23N. The van der Waals surface area contributed by atoms with E-state index < -0.39 is 0 Å². The van der Waals surface area contributed by atoms with E-state index >= 15 is 0 Å². The van der Waals surface area contributed by atoms with E-state index in [0.29, 0.717) is 0 Å².